The summed E-state index contributed by atoms with van der Waals surface area (Å²) >= 11 is 0. The number of amides is 1. The number of carbonyl (C=O) groups is 1. The Balaban J connectivity index is 2.05. The summed E-state index contributed by atoms with van der Waals surface area (Å²) < 4.78 is 0. The van der Waals surface area contributed by atoms with Gasteiger partial charge in [0.2, 0.25) is 5.95 Å². The van der Waals surface area contributed by atoms with E-state index in [0.717, 1.165) is 12.0 Å². The van der Waals surface area contributed by atoms with E-state index in [1.807, 2.05) is 12.1 Å². The molecule has 2 aromatic rings. The first-order valence-corrected chi connectivity index (χ1v) is 5.67. The lowest BCUT2D eigenvalue weighted by Crippen LogP contribution is -2.14. The van der Waals surface area contributed by atoms with E-state index >= 15 is 0 Å². The molecule has 0 aliphatic heterocycles. The van der Waals surface area contributed by atoms with Crippen LogP contribution < -0.4 is 11.1 Å². The summed E-state index contributed by atoms with van der Waals surface area (Å²) in [5.74, 6) is 0.0778. The standard InChI is InChI=1S/C13H14N4O/c14-7-6-10-2-4-11(5-3-10)12(18)17-13-15-8-1-9-16-13/h1-5,8-9H,6-7,14H2,(H,15,16,17,18). The van der Waals surface area contributed by atoms with Crippen molar-refractivity contribution in [1.29, 1.82) is 0 Å². The Morgan fingerprint density at radius 3 is 2.44 bits per heavy atom. The average molecular weight is 242 g/mol. The van der Waals surface area contributed by atoms with Gasteiger partial charge in [-0.15, -0.1) is 0 Å². The summed E-state index contributed by atoms with van der Waals surface area (Å²) in [6, 6.07) is 9.02. The van der Waals surface area contributed by atoms with Gasteiger partial charge in [-0.25, -0.2) is 9.97 Å². The zero-order valence-corrected chi connectivity index (χ0v) is 9.84. The molecule has 5 heteroatoms. The van der Waals surface area contributed by atoms with Crippen LogP contribution in [-0.2, 0) is 6.42 Å². The van der Waals surface area contributed by atoms with Gasteiger partial charge in [0.1, 0.15) is 0 Å². The molecule has 0 aliphatic carbocycles. The Kier molecular flexibility index (Phi) is 3.98. The molecule has 3 N–H and O–H groups in total. The molecule has 0 unspecified atom stereocenters. The van der Waals surface area contributed by atoms with Gasteiger partial charge in [-0.05, 0) is 36.7 Å². The highest BCUT2D eigenvalue weighted by molar-refractivity contribution is 6.03. The van der Waals surface area contributed by atoms with Crippen LogP contribution in [0.1, 0.15) is 15.9 Å². The molecular weight excluding hydrogens is 228 g/mol. The molecule has 1 aromatic heterocycles. The Hall–Kier alpha value is -2.27. The second-order valence-corrected chi connectivity index (χ2v) is 3.76. The second kappa shape index (κ2) is 5.88. The Morgan fingerprint density at radius 2 is 1.83 bits per heavy atom. The van der Waals surface area contributed by atoms with Crippen molar-refractivity contribution in [1.82, 2.24) is 9.97 Å². The first-order chi connectivity index (χ1) is 8.79. The Morgan fingerprint density at radius 1 is 1.17 bits per heavy atom. The summed E-state index contributed by atoms with van der Waals surface area (Å²) in [6.45, 7) is 0.601. The van der Waals surface area contributed by atoms with Gasteiger partial charge in [0, 0.05) is 18.0 Å². The van der Waals surface area contributed by atoms with E-state index < -0.39 is 0 Å². The van der Waals surface area contributed by atoms with E-state index in [4.69, 9.17) is 5.73 Å². The van der Waals surface area contributed by atoms with Crippen LogP contribution in [0, 0.1) is 0 Å². The minimum absolute atomic E-state index is 0.222. The van der Waals surface area contributed by atoms with Gasteiger partial charge in [0.15, 0.2) is 0 Å². The molecule has 18 heavy (non-hydrogen) atoms. The number of benzene rings is 1. The molecule has 0 atom stereocenters. The molecule has 0 fully saturated rings. The number of hydrogen-bond acceptors (Lipinski definition) is 4. The fourth-order valence-electron chi connectivity index (χ4n) is 1.53. The largest absolute Gasteiger partial charge is 0.330 e. The molecule has 1 aromatic carbocycles. The number of nitrogens with one attached hydrogen (secondary N) is 1. The number of hydrogen-bond donors (Lipinski definition) is 2. The first-order valence-electron chi connectivity index (χ1n) is 5.67. The number of aromatic nitrogens is 2. The van der Waals surface area contributed by atoms with Crippen molar-refractivity contribution >= 4 is 11.9 Å². The van der Waals surface area contributed by atoms with Crippen LogP contribution in [0.25, 0.3) is 0 Å². The Bertz CT molecular complexity index is 510. The van der Waals surface area contributed by atoms with Gasteiger partial charge >= 0.3 is 0 Å². The maximum Gasteiger partial charge on any atom is 0.258 e. The van der Waals surface area contributed by atoms with E-state index in [9.17, 15) is 4.79 Å². The van der Waals surface area contributed by atoms with E-state index in [1.54, 1.807) is 30.6 Å². The molecule has 5 nitrogen and oxygen atoms in total. The van der Waals surface area contributed by atoms with Crippen molar-refractivity contribution in [2.75, 3.05) is 11.9 Å². The number of nitrogens with zero attached hydrogens (tertiary/aromatic N) is 2. The quantitative estimate of drug-likeness (QED) is 0.845. The van der Waals surface area contributed by atoms with Crippen molar-refractivity contribution in [3.8, 4) is 0 Å². The van der Waals surface area contributed by atoms with Gasteiger partial charge in [0.05, 0.1) is 0 Å². The van der Waals surface area contributed by atoms with Crippen LogP contribution >= 0.6 is 0 Å². The molecule has 1 amide bonds. The predicted octanol–water partition coefficient (Wildman–Crippen LogP) is 1.23. The van der Waals surface area contributed by atoms with Crippen LogP contribution in [0.5, 0.6) is 0 Å². The van der Waals surface area contributed by atoms with Gasteiger partial charge in [-0.1, -0.05) is 12.1 Å². The number of rotatable bonds is 4. The minimum atomic E-state index is -0.222. The molecule has 0 aliphatic rings. The summed E-state index contributed by atoms with van der Waals surface area (Å²) in [5, 5.41) is 2.62. The lowest BCUT2D eigenvalue weighted by atomic mass is 10.1. The van der Waals surface area contributed by atoms with Gasteiger partial charge in [0.25, 0.3) is 5.91 Å². The Labute approximate surface area is 105 Å². The third-order valence-electron chi connectivity index (χ3n) is 2.44. The molecule has 0 saturated heterocycles. The van der Waals surface area contributed by atoms with E-state index in [2.05, 4.69) is 15.3 Å². The molecule has 92 valence electrons. The lowest BCUT2D eigenvalue weighted by Gasteiger charge is -2.04. The van der Waals surface area contributed by atoms with Crippen molar-refractivity contribution in [3.63, 3.8) is 0 Å². The third-order valence-corrected chi connectivity index (χ3v) is 2.44. The summed E-state index contributed by atoms with van der Waals surface area (Å²) in [4.78, 5) is 19.7. The van der Waals surface area contributed by atoms with Crippen LogP contribution in [-0.4, -0.2) is 22.4 Å². The molecule has 0 bridgehead atoms. The highest BCUT2D eigenvalue weighted by Crippen LogP contribution is 2.07. The highest BCUT2D eigenvalue weighted by Gasteiger charge is 2.06. The summed E-state index contributed by atoms with van der Waals surface area (Å²) in [5.41, 5.74) is 7.15. The number of nitrogens with two attached hydrogens (primary N) is 1. The van der Waals surface area contributed by atoms with E-state index in [0.29, 0.717) is 18.1 Å². The topological polar surface area (TPSA) is 80.9 Å². The normalized spacial score (nSPS) is 10.1. The molecular formula is C13H14N4O. The smallest absolute Gasteiger partial charge is 0.258 e. The zero-order valence-electron chi connectivity index (χ0n) is 9.84. The fourth-order valence-corrected chi connectivity index (χ4v) is 1.53. The maximum atomic E-state index is 11.9. The zero-order chi connectivity index (χ0) is 12.8. The molecule has 2 rings (SSSR count). The number of carbonyl (C=O) groups excluding carboxylic acids is 1. The van der Waals surface area contributed by atoms with Gasteiger partial charge in [-0.2, -0.15) is 0 Å². The molecule has 0 radical (unpaired) electrons. The SMILES string of the molecule is NCCc1ccc(C(=O)Nc2ncccn2)cc1. The summed E-state index contributed by atoms with van der Waals surface area (Å²) in [6.07, 6.45) is 3.96. The fraction of sp³-hybridized carbons (Fsp3) is 0.154. The van der Waals surface area contributed by atoms with Crippen molar-refractivity contribution < 1.29 is 4.79 Å². The van der Waals surface area contributed by atoms with Gasteiger partial charge < -0.3 is 5.73 Å². The molecule has 1 heterocycles. The van der Waals surface area contributed by atoms with E-state index in [1.165, 1.54) is 0 Å². The van der Waals surface area contributed by atoms with Crippen molar-refractivity contribution in [2.24, 2.45) is 5.73 Å². The predicted molar refractivity (Wildman–Crippen MR) is 69.2 cm³/mol. The van der Waals surface area contributed by atoms with Crippen LogP contribution in [0.4, 0.5) is 5.95 Å². The lowest BCUT2D eigenvalue weighted by molar-refractivity contribution is 0.102. The van der Waals surface area contributed by atoms with Crippen molar-refractivity contribution in [2.45, 2.75) is 6.42 Å². The van der Waals surface area contributed by atoms with Crippen LogP contribution in [0.2, 0.25) is 0 Å². The summed E-state index contributed by atoms with van der Waals surface area (Å²) in [7, 11) is 0. The van der Waals surface area contributed by atoms with Crippen LogP contribution in [0.3, 0.4) is 0 Å². The second-order valence-electron chi connectivity index (χ2n) is 3.76. The van der Waals surface area contributed by atoms with Gasteiger partial charge in [-0.3, -0.25) is 10.1 Å². The average Bonchev–Trinajstić information content (AvgIpc) is 2.41. The minimum Gasteiger partial charge on any atom is -0.330 e. The first kappa shape index (κ1) is 12.2. The van der Waals surface area contributed by atoms with Crippen molar-refractivity contribution in [3.05, 3.63) is 53.9 Å². The monoisotopic (exact) mass is 242 g/mol. The molecule has 0 saturated carbocycles. The number of anilines is 1. The highest BCUT2D eigenvalue weighted by atomic mass is 16.1. The molecule has 0 spiro atoms. The maximum absolute atomic E-state index is 11.9. The van der Waals surface area contributed by atoms with E-state index in [-0.39, 0.29) is 5.91 Å². The van der Waals surface area contributed by atoms with Crippen LogP contribution in [0.15, 0.2) is 42.7 Å². The third kappa shape index (κ3) is 3.11.